The van der Waals surface area contributed by atoms with Crippen LogP contribution in [0.15, 0.2) is 12.2 Å². The Hall–Kier alpha value is -0.300. The van der Waals surface area contributed by atoms with E-state index in [4.69, 9.17) is 0 Å². The standard InChI is InChI=1S/C10H19O/c1-4-7-8-9-10(11,5-2)6-3/h7-8,11H,1,4-6,9H2,2-3H3/b8-7+. The largest absolute Gasteiger partial charge is 0.390 e. The molecular formula is C10H19O. The van der Waals surface area contributed by atoms with Gasteiger partial charge in [-0.1, -0.05) is 26.0 Å². The molecule has 0 aromatic carbocycles. The Morgan fingerprint density at radius 3 is 2.18 bits per heavy atom. The van der Waals surface area contributed by atoms with E-state index in [0.29, 0.717) is 0 Å². The quantitative estimate of drug-likeness (QED) is 0.605. The Morgan fingerprint density at radius 2 is 1.82 bits per heavy atom. The van der Waals surface area contributed by atoms with E-state index < -0.39 is 5.60 Å². The summed E-state index contributed by atoms with van der Waals surface area (Å²) in [6, 6.07) is 0. The molecule has 0 aromatic rings. The first kappa shape index (κ1) is 10.7. The van der Waals surface area contributed by atoms with Gasteiger partial charge >= 0.3 is 0 Å². The van der Waals surface area contributed by atoms with Crippen molar-refractivity contribution in [3.05, 3.63) is 19.1 Å². The Morgan fingerprint density at radius 1 is 1.27 bits per heavy atom. The second-order valence-electron chi connectivity index (χ2n) is 2.90. The van der Waals surface area contributed by atoms with Gasteiger partial charge in [-0.05, 0) is 32.6 Å². The van der Waals surface area contributed by atoms with Crippen LogP contribution in [-0.4, -0.2) is 10.7 Å². The van der Waals surface area contributed by atoms with Gasteiger partial charge in [0.2, 0.25) is 0 Å². The van der Waals surface area contributed by atoms with Crippen LogP contribution in [0.25, 0.3) is 0 Å². The number of aliphatic hydroxyl groups is 1. The van der Waals surface area contributed by atoms with Crippen LogP contribution in [0.5, 0.6) is 0 Å². The molecule has 1 heteroatoms. The van der Waals surface area contributed by atoms with Crippen LogP contribution in [0.2, 0.25) is 0 Å². The molecule has 65 valence electrons. The summed E-state index contributed by atoms with van der Waals surface area (Å²) in [6.45, 7) is 7.72. The molecule has 1 nitrogen and oxygen atoms in total. The number of hydrogen-bond donors (Lipinski definition) is 1. The summed E-state index contributed by atoms with van der Waals surface area (Å²) in [6.07, 6.45) is 7.23. The van der Waals surface area contributed by atoms with Crippen molar-refractivity contribution in [3.8, 4) is 0 Å². The lowest BCUT2D eigenvalue weighted by molar-refractivity contribution is 0.0353. The molecule has 1 N–H and O–H groups in total. The van der Waals surface area contributed by atoms with Crippen LogP contribution < -0.4 is 0 Å². The predicted molar refractivity (Wildman–Crippen MR) is 49.3 cm³/mol. The van der Waals surface area contributed by atoms with E-state index in [1.54, 1.807) is 0 Å². The van der Waals surface area contributed by atoms with E-state index in [-0.39, 0.29) is 0 Å². The third-order valence-electron chi connectivity index (χ3n) is 2.15. The predicted octanol–water partition coefficient (Wildman–Crippen LogP) is 2.71. The fourth-order valence-electron chi connectivity index (χ4n) is 0.959. The third kappa shape index (κ3) is 4.20. The molecule has 0 heterocycles. The second-order valence-corrected chi connectivity index (χ2v) is 2.90. The first-order valence-corrected chi connectivity index (χ1v) is 4.35. The van der Waals surface area contributed by atoms with Crippen LogP contribution in [0.4, 0.5) is 0 Å². The Balaban J connectivity index is 3.77. The highest BCUT2D eigenvalue weighted by atomic mass is 16.3. The highest BCUT2D eigenvalue weighted by Gasteiger charge is 2.19. The van der Waals surface area contributed by atoms with E-state index in [9.17, 15) is 5.11 Å². The van der Waals surface area contributed by atoms with E-state index in [0.717, 1.165) is 25.7 Å². The molecule has 0 aliphatic carbocycles. The molecule has 0 aliphatic rings. The monoisotopic (exact) mass is 155 g/mol. The molecule has 0 saturated carbocycles. The zero-order chi connectivity index (χ0) is 8.74. The molecule has 11 heavy (non-hydrogen) atoms. The fourth-order valence-corrected chi connectivity index (χ4v) is 0.959. The van der Waals surface area contributed by atoms with Crippen molar-refractivity contribution in [2.75, 3.05) is 0 Å². The van der Waals surface area contributed by atoms with Gasteiger partial charge in [-0.25, -0.2) is 0 Å². The summed E-state index contributed by atoms with van der Waals surface area (Å²) in [5, 5.41) is 9.78. The van der Waals surface area contributed by atoms with Gasteiger partial charge in [0.05, 0.1) is 5.60 Å². The van der Waals surface area contributed by atoms with Crippen molar-refractivity contribution < 1.29 is 5.11 Å². The average molecular weight is 155 g/mol. The first-order valence-electron chi connectivity index (χ1n) is 4.35. The summed E-state index contributed by atoms with van der Waals surface area (Å²) >= 11 is 0. The van der Waals surface area contributed by atoms with Gasteiger partial charge in [-0.3, -0.25) is 0 Å². The average Bonchev–Trinajstić information content (AvgIpc) is 2.05. The minimum absolute atomic E-state index is 0.480. The lowest BCUT2D eigenvalue weighted by Crippen LogP contribution is -2.25. The summed E-state index contributed by atoms with van der Waals surface area (Å²) in [7, 11) is 0. The van der Waals surface area contributed by atoms with Gasteiger partial charge < -0.3 is 5.11 Å². The molecule has 0 spiro atoms. The van der Waals surface area contributed by atoms with Gasteiger partial charge in [-0.15, -0.1) is 0 Å². The molecule has 0 saturated heterocycles. The van der Waals surface area contributed by atoms with Crippen LogP contribution in [0.1, 0.15) is 39.5 Å². The van der Waals surface area contributed by atoms with Crippen molar-refractivity contribution in [1.29, 1.82) is 0 Å². The molecule has 0 bridgehead atoms. The maximum atomic E-state index is 9.78. The molecular weight excluding hydrogens is 136 g/mol. The molecule has 0 aliphatic heterocycles. The summed E-state index contributed by atoms with van der Waals surface area (Å²) < 4.78 is 0. The topological polar surface area (TPSA) is 20.2 Å². The summed E-state index contributed by atoms with van der Waals surface area (Å²) in [5.41, 5.74) is -0.480. The van der Waals surface area contributed by atoms with Gasteiger partial charge in [0, 0.05) is 0 Å². The fraction of sp³-hybridized carbons (Fsp3) is 0.700. The molecule has 0 amide bonds. The highest BCUT2D eigenvalue weighted by molar-refractivity contribution is 4.90. The van der Waals surface area contributed by atoms with Gasteiger partial charge in [0.25, 0.3) is 0 Å². The zero-order valence-electron chi connectivity index (χ0n) is 7.64. The first-order chi connectivity index (χ1) is 5.18. The summed E-state index contributed by atoms with van der Waals surface area (Å²) in [4.78, 5) is 0. The van der Waals surface area contributed by atoms with Gasteiger partial charge in [-0.2, -0.15) is 0 Å². The second kappa shape index (κ2) is 5.36. The maximum Gasteiger partial charge on any atom is 0.0676 e. The van der Waals surface area contributed by atoms with E-state index in [1.165, 1.54) is 0 Å². The summed E-state index contributed by atoms with van der Waals surface area (Å²) in [5.74, 6) is 0. The maximum absolute atomic E-state index is 9.78. The van der Waals surface area contributed by atoms with Crippen LogP contribution in [-0.2, 0) is 0 Å². The smallest absolute Gasteiger partial charge is 0.0676 e. The highest BCUT2D eigenvalue weighted by Crippen LogP contribution is 2.19. The third-order valence-corrected chi connectivity index (χ3v) is 2.15. The normalized spacial score (nSPS) is 12.7. The molecule has 0 unspecified atom stereocenters. The molecule has 1 radical (unpaired) electrons. The Kier molecular flexibility index (Phi) is 5.22. The van der Waals surface area contributed by atoms with Crippen molar-refractivity contribution in [2.45, 2.75) is 45.1 Å². The molecule has 0 fully saturated rings. The van der Waals surface area contributed by atoms with Gasteiger partial charge in [0.15, 0.2) is 0 Å². The SMILES string of the molecule is [CH2]C/C=C/CC(O)(CC)CC. The zero-order valence-corrected chi connectivity index (χ0v) is 7.64. The van der Waals surface area contributed by atoms with Crippen molar-refractivity contribution in [2.24, 2.45) is 0 Å². The lowest BCUT2D eigenvalue weighted by atomic mass is 9.93. The van der Waals surface area contributed by atoms with Crippen LogP contribution >= 0.6 is 0 Å². The lowest BCUT2D eigenvalue weighted by Gasteiger charge is -2.23. The number of rotatable bonds is 5. The van der Waals surface area contributed by atoms with Crippen molar-refractivity contribution >= 4 is 0 Å². The van der Waals surface area contributed by atoms with E-state index >= 15 is 0 Å². The molecule has 0 rings (SSSR count). The van der Waals surface area contributed by atoms with E-state index in [1.807, 2.05) is 26.0 Å². The van der Waals surface area contributed by atoms with Crippen molar-refractivity contribution in [1.82, 2.24) is 0 Å². The van der Waals surface area contributed by atoms with E-state index in [2.05, 4.69) is 6.92 Å². The molecule has 0 atom stereocenters. The molecule has 0 aromatic heterocycles. The van der Waals surface area contributed by atoms with Crippen LogP contribution in [0.3, 0.4) is 0 Å². The Bertz CT molecular complexity index is 112. The Labute approximate surface area is 70.1 Å². The van der Waals surface area contributed by atoms with Gasteiger partial charge in [0.1, 0.15) is 0 Å². The number of allylic oxidation sites excluding steroid dienone is 1. The van der Waals surface area contributed by atoms with Crippen LogP contribution in [0, 0.1) is 6.92 Å². The minimum atomic E-state index is -0.480. The van der Waals surface area contributed by atoms with Crippen molar-refractivity contribution in [3.63, 3.8) is 0 Å². The number of hydrogen-bond acceptors (Lipinski definition) is 1. The minimum Gasteiger partial charge on any atom is -0.390 e.